The molecule has 0 N–H and O–H groups in total. The van der Waals surface area contributed by atoms with Gasteiger partial charge in [-0.15, -0.1) is 0 Å². The number of ether oxygens (including phenoxy) is 2. The maximum atomic E-state index is 13.1. The molecule has 1 heterocycles. The van der Waals surface area contributed by atoms with E-state index in [0.717, 1.165) is 19.1 Å². The summed E-state index contributed by atoms with van der Waals surface area (Å²) in [6.45, 7) is 8.24. The SMILES string of the molecule is CC1(C)CC(CC(=O)c2ccc(Oc3cccc(-c4ccc(S(C)(=O)=O)cc4)c3C#N)c(Cl)c2)CC(C)(C)O1. The van der Waals surface area contributed by atoms with Crippen molar-refractivity contribution in [2.45, 2.75) is 63.1 Å². The highest BCUT2D eigenvalue weighted by Gasteiger charge is 2.39. The maximum absolute atomic E-state index is 13.1. The first-order valence-electron chi connectivity index (χ1n) is 12.7. The summed E-state index contributed by atoms with van der Waals surface area (Å²) in [5, 5.41) is 10.2. The van der Waals surface area contributed by atoms with Gasteiger partial charge >= 0.3 is 0 Å². The molecule has 1 aliphatic heterocycles. The number of carbonyl (C=O) groups excluding carboxylic acids is 1. The molecule has 0 bridgehead atoms. The predicted molar refractivity (Wildman–Crippen MR) is 152 cm³/mol. The summed E-state index contributed by atoms with van der Waals surface area (Å²) in [6, 6.07) is 18.6. The largest absolute Gasteiger partial charge is 0.454 e. The second-order valence-corrected chi connectivity index (χ2v) is 13.8. The molecule has 39 heavy (non-hydrogen) atoms. The monoisotopic (exact) mass is 565 g/mol. The van der Waals surface area contributed by atoms with Crippen LogP contribution in [0.4, 0.5) is 0 Å². The van der Waals surface area contributed by atoms with E-state index >= 15 is 0 Å². The molecule has 1 fully saturated rings. The topological polar surface area (TPSA) is 93.5 Å². The molecule has 0 saturated carbocycles. The molecule has 204 valence electrons. The minimum absolute atomic E-state index is 0.0131. The molecule has 6 nitrogen and oxygen atoms in total. The Balaban J connectivity index is 1.54. The van der Waals surface area contributed by atoms with Crippen molar-refractivity contribution in [2.24, 2.45) is 5.92 Å². The molecule has 8 heteroatoms. The number of carbonyl (C=O) groups is 1. The number of ketones is 1. The first kappa shape index (κ1) is 28.8. The lowest BCUT2D eigenvalue weighted by molar-refractivity contribution is -0.171. The van der Waals surface area contributed by atoms with Crippen LogP contribution in [0.3, 0.4) is 0 Å². The number of hydrogen-bond donors (Lipinski definition) is 0. The van der Waals surface area contributed by atoms with Gasteiger partial charge in [0.15, 0.2) is 15.6 Å². The smallest absolute Gasteiger partial charge is 0.175 e. The third-order valence-corrected chi connectivity index (χ3v) is 8.22. The van der Waals surface area contributed by atoms with Crippen molar-refractivity contribution >= 4 is 27.2 Å². The van der Waals surface area contributed by atoms with Crippen molar-refractivity contribution in [3.63, 3.8) is 0 Å². The lowest BCUT2D eigenvalue weighted by Crippen LogP contribution is -2.45. The van der Waals surface area contributed by atoms with Gasteiger partial charge in [-0.25, -0.2) is 8.42 Å². The Kier molecular flexibility index (Phi) is 7.96. The Morgan fingerprint density at radius 1 is 1.03 bits per heavy atom. The third kappa shape index (κ3) is 6.88. The van der Waals surface area contributed by atoms with Gasteiger partial charge in [-0.05, 0) is 88.4 Å². The third-order valence-electron chi connectivity index (χ3n) is 6.79. The number of hydrogen-bond acceptors (Lipinski definition) is 6. The van der Waals surface area contributed by atoms with Crippen LogP contribution >= 0.6 is 11.6 Å². The van der Waals surface area contributed by atoms with Gasteiger partial charge in [0.05, 0.1) is 21.1 Å². The summed E-state index contributed by atoms with van der Waals surface area (Å²) in [4.78, 5) is 13.3. The Bertz CT molecular complexity index is 1540. The van der Waals surface area contributed by atoms with Gasteiger partial charge in [-0.2, -0.15) is 5.26 Å². The van der Waals surface area contributed by atoms with Gasteiger partial charge in [0.2, 0.25) is 0 Å². The van der Waals surface area contributed by atoms with E-state index in [9.17, 15) is 18.5 Å². The summed E-state index contributed by atoms with van der Waals surface area (Å²) in [5.74, 6) is 0.843. The van der Waals surface area contributed by atoms with E-state index in [1.54, 1.807) is 48.5 Å². The number of sulfone groups is 1. The van der Waals surface area contributed by atoms with Crippen LogP contribution in [0.25, 0.3) is 11.1 Å². The van der Waals surface area contributed by atoms with Crippen molar-refractivity contribution in [3.8, 4) is 28.7 Å². The van der Waals surface area contributed by atoms with E-state index in [1.165, 1.54) is 12.1 Å². The average molecular weight is 566 g/mol. The van der Waals surface area contributed by atoms with E-state index < -0.39 is 9.84 Å². The van der Waals surface area contributed by atoms with Gasteiger partial charge < -0.3 is 9.47 Å². The zero-order valence-corrected chi connectivity index (χ0v) is 24.3. The summed E-state index contributed by atoms with van der Waals surface area (Å²) >= 11 is 6.53. The average Bonchev–Trinajstić information content (AvgIpc) is 2.82. The first-order valence-corrected chi connectivity index (χ1v) is 15.0. The van der Waals surface area contributed by atoms with Gasteiger partial charge in [-0.3, -0.25) is 4.79 Å². The summed E-state index contributed by atoms with van der Waals surface area (Å²) in [6.07, 6.45) is 3.17. The number of rotatable bonds is 7. The van der Waals surface area contributed by atoms with E-state index in [0.29, 0.717) is 34.6 Å². The van der Waals surface area contributed by atoms with Gasteiger partial charge in [-0.1, -0.05) is 35.9 Å². The van der Waals surface area contributed by atoms with E-state index in [4.69, 9.17) is 21.1 Å². The highest BCUT2D eigenvalue weighted by atomic mass is 35.5. The van der Waals surface area contributed by atoms with Crippen LogP contribution in [-0.4, -0.2) is 31.7 Å². The van der Waals surface area contributed by atoms with Crippen molar-refractivity contribution in [2.75, 3.05) is 6.26 Å². The Morgan fingerprint density at radius 2 is 1.67 bits per heavy atom. The molecule has 0 radical (unpaired) electrons. The summed E-state index contributed by atoms with van der Waals surface area (Å²) < 4.78 is 35.8. The fraction of sp³-hybridized carbons (Fsp3) is 0.355. The van der Waals surface area contributed by atoms with Gasteiger partial charge in [0, 0.05) is 23.8 Å². The molecule has 0 aromatic heterocycles. The zero-order chi connectivity index (χ0) is 28.6. The van der Waals surface area contributed by atoms with Crippen molar-refractivity contribution in [1.82, 2.24) is 0 Å². The molecular weight excluding hydrogens is 534 g/mol. The standard InChI is InChI=1S/C31H32ClNO5S/c1-30(2)17-20(18-31(3,4)38-30)15-27(34)22-11-14-29(26(32)16-22)37-28-8-6-7-24(25(28)19-33)21-9-12-23(13-10-21)39(5,35)36/h6-14,16,20H,15,17-18H2,1-5H3. The van der Waals surface area contributed by atoms with E-state index in [-0.39, 0.29) is 38.4 Å². The number of Topliss-reactive ketones (excluding diaryl/α,β-unsaturated/α-hetero) is 1. The molecule has 0 amide bonds. The number of halogens is 1. The lowest BCUT2D eigenvalue weighted by atomic mass is 9.78. The van der Waals surface area contributed by atoms with Crippen molar-refractivity contribution in [3.05, 3.63) is 76.8 Å². The second kappa shape index (κ2) is 10.8. The van der Waals surface area contributed by atoms with Crippen molar-refractivity contribution in [1.29, 1.82) is 5.26 Å². The second-order valence-electron chi connectivity index (χ2n) is 11.4. The maximum Gasteiger partial charge on any atom is 0.175 e. The highest BCUT2D eigenvalue weighted by Crippen LogP contribution is 2.41. The first-order chi connectivity index (χ1) is 18.2. The van der Waals surface area contributed by atoms with E-state index in [2.05, 4.69) is 33.8 Å². The molecular formula is C31H32ClNO5S. The van der Waals surface area contributed by atoms with Crippen LogP contribution in [-0.2, 0) is 14.6 Å². The molecule has 0 atom stereocenters. The lowest BCUT2D eigenvalue weighted by Gasteiger charge is -2.45. The minimum Gasteiger partial charge on any atom is -0.454 e. The Hall–Kier alpha value is -3.18. The van der Waals surface area contributed by atoms with Gasteiger partial charge in [0.1, 0.15) is 23.1 Å². The number of nitrogens with zero attached hydrogens (tertiary/aromatic N) is 1. The Morgan fingerprint density at radius 3 is 2.23 bits per heavy atom. The minimum atomic E-state index is -3.33. The van der Waals surface area contributed by atoms with Crippen LogP contribution in [0.15, 0.2) is 65.6 Å². The quantitative estimate of drug-likeness (QED) is 0.273. The fourth-order valence-electron chi connectivity index (χ4n) is 5.55. The fourth-order valence-corrected chi connectivity index (χ4v) is 6.40. The molecule has 1 saturated heterocycles. The number of nitriles is 1. The number of benzene rings is 3. The van der Waals surface area contributed by atoms with Crippen molar-refractivity contribution < 1.29 is 22.7 Å². The van der Waals surface area contributed by atoms with Crippen LogP contribution < -0.4 is 4.74 Å². The predicted octanol–water partition coefficient (Wildman–Crippen LogP) is 7.63. The Labute approximate surface area is 235 Å². The van der Waals surface area contributed by atoms with E-state index in [1.807, 2.05) is 0 Å². The molecule has 0 aliphatic carbocycles. The van der Waals surface area contributed by atoms with Crippen LogP contribution in [0.2, 0.25) is 5.02 Å². The van der Waals surface area contributed by atoms with Crippen LogP contribution in [0, 0.1) is 17.2 Å². The molecule has 1 aliphatic rings. The van der Waals surface area contributed by atoms with Crippen LogP contribution in [0.1, 0.15) is 62.9 Å². The highest BCUT2D eigenvalue weighted by molar-refractivity contribution is 7.90. The summed E-state index contributed by atoms with van der Waals surface area (Å²) in [5.41, 5.74) is 1.49. The molecule has 3 aromatic rings. The molecule has 3 aromatic carbocycles. The van der Waals surface area contributed by atoms with Gasteiger partial charge in [0.25, 0.3) is 0 Å². The molecule has 0 spiro atoms. The normalized spacial score (nSPS) is 16.8. The summed E-state index contributed by atoms with van der Waals surface area (Å²) in [7, 11) is -3.33. The van der Waals surface area contributed by atoms with Crippen LogP contribution in [0.5, 0.6) is 11.5 Å². The molecule has 4 rings (SSSR count). The molecule has 0 unspecified atom stereocenters. The zero-order valence-electron chi connectivity index (χ0n) is 22.7.